The number of allylic oxidation sites excluding steroid dienone is 1. The van der Waals surface area contributed by atoms with Crippen LogP contribution >= 0.6 is 22.7 Å². The first-order valence-electron chi connectivity index (χ1n) is 12.5. The highest BCUT2D eigenvalue weighted by Crippen LogP contribution is 2.47. The van der Waals surface area contributed by atoms with E-state index in [1.54, 1.807) is 17.4 Å². The third-order valence-electron chi connectivity index (χ3n) is 6.58. The van der Waals surface area contributed by atoms with Crippen molar-refractivity contribution in [2.75, 3.05) is 0 Å². The number of nitrogens with zero attached hydrogens (tertiary/aromatic N) is 2. The molecule has 3 aromatic carbocycles. The van der Waals surface area contributed by atoms with Crippen molar-refractivity contribution in [1.82, 2.24) is 4.57 Å². The molecular weight excluding hydrogens is 537 g/mol. The van der Waals surface area contributed by atoms with E-state index in [9.17, 15) is 15.2 Å². The predicted octanol–water partition coefficient (Wildman–Crippen LogP) is 8.28. The van der Waals surface area contributed by atoms with Gasteiger partial charge in [-0.15, -0.1) is 22.7 Å². The zero-order valence-corrected chi connectivity index (χ0v) is 22.8. The molecule has 1 N–H and O–H groups in total. The number of para-hydroxylation sites is 1. The van der Waals surface area contributed by atoms with E-state index in [0.717, 1.165) is 58.5 Å². The summed E-state index contributed by atoms with van der Waals surface area (Å²) in [5.41, 5.74) is 6.37. The van der Waals surface area contributed by atoms with Crippen LogP contribution in [0.2, 0.25) is 0 Å². The largest absolute Gasteiger partial charge is 0.417 e. The van der Waals surface area contributed by atoms with Gasteiger partial charge < -0.3 is 14.4 Å². The van der Waals surface area contributed by atoms with Crippen LogP contribution in [0.4, 0.5) is 0 Å². The molecular formula is C33H22N2O3S2. The summed E-state index contributed by atoms with van der Waals surface area (Å²) in [6.45, 7) is 0.264. The number of benzene rings is 3. The Morgan fingerprint density at radius 1 is 0.850 bits per heavy atom. The van der Waals surface area contributed by atoms with Crippen LogP contribution in [0.1, 0.15) is 10.4 Å². The second-order valence-electron chi connectivity index (χ2n) is 8.97. The number of rotatable bonds is 8. The fourth-order valence-corrected chi connectivity index (χ4v) is 6.92. The van der Waals surface area contributed by atoms with Crippen LogP contribution in [0.25, 0.3) is 54.1 Å². The van der Waals surface area contributed by atoms with Crippen LogP contribution in [-0.4, -0.2) is 16.1 Å². The minimum atomic E-state index is -0.0393. The fourth-order valence-electron chi connectivity index (χ4n) is 4.82. The van der Waals surface area contributed by atoms with E-state index in [1.165, 1.54) is 11.3 Å². The number of carbonyl (C=O) groups is 1. The van der Waals surface area contributed by atoms with Crippen LogP contribution in [0.3, 0.4) is 0 Å². The lowest BCUT2D eigenvalue weighted by molar-refractivity contribution is -0.124. The van der Waals surface area contributed by atoms with Crippen molar-refractivity contribution in [3.05, 3.63) is 119 Å². The molecule has 0 aliphatic carbocycles. The molecule has 0 unspecified atom stereocenters. The number of thiophene rings is 2. The van der Waals surface area contributed by atoms with E-state index in [1.807, 2.05) is 36.4 Å². The molecule has 0 aliphatic heterocycles. The molecule has 7 heteroatoms. The Morgan fingerprint density at radius 3 is 2.30 bits per heavy atom. The maximum atomic E-state index is 10.7. The van der Waals surface area contributed by atoms with Crippen molar-refractivity contribution in [2.24, 2.45) is 0 Å². The first-order chi connectivity index (χ1) is 19.7. The highest BCUT2D eigenvalue weighted by molar-refractivity contribution is 7.24. The maximum absolute atomic E-state index is 10.7. The summed E-state index contributed by atoms with van der Waals surface area (Å²) >= 11 is 3.25. The summed E-state index contributed by atoms with van der Waals surface area (Å²) in [4.78, 5) is 14.8. The van der Waals surface area contributed by atoms with Gasteiger partial charge in [-0.3, -0.25) is 4.79 Å². The molecule has 0 spiro atoms. The molecule has 6 rings (SSSR count). The standard InChI is InChI=1S/C33H22N2O3S2/c34-19-25(38-21-37)18-26-14-15-29(39-26)30-16-17-31(40-30)32-27-8-4-5-9-28(27)35(24-12-10-22(20-36)11-13-24)33(32)23-6-2-1-3-7-23/h1-18,21,36H,20H2/b25-18-. The molecule has 0 saturated carbocycles. The summed E-state index contributed by atoms with van der Waals surface area (Å²) < 4.78 is 7.03. The van der Waals surface area contributed by atoms with Gasteiger partial charge in [0.1, 0.15) is 6.07 Å². The molecule has 194 valence electrons. The van der Waals surface area contributed by atoms with Crippen LogP contribution in [0, 0.1) is 11.3 Å². The molecule has 3 aromatic heterocycles. The van der Waals surface area contributed by atoms with Crippen molar-refractivity contribution in [3.8, 4) is 43.2 Å². The van der Waals surface area contributed by atoms with Crippen LogP contribution in [0.5, 0.6) is 0 Å². The predicted molar refractivity (Wildman–Crippen MR) is 162 cm³/mol. The normalized spacial score (nSPS) is 11.4. The van der Waals surface area contributed by atoms with Gasteiger partial charge in [-0.1, -0.05) is 60.7 Å². The minimum Gasteiger partial charge on any atom is -0.417 e. The summed E-state index contributed by atoms with van der Waals surface area (Å²) in [6, 6.07) is 37.0. The Kier molecular flexibility index (Phi) is 7.13. The molecule has 0 bridgehead atoms. The average Bonchev–Trinajstić information content (AvgIpc) is 3.75. The van der Waals surface area contributed by atoms with Crippen LogP contribution in [0.15, 0.2) is 109 Å². The Morgan fingerprint density at radius 2 is 1.55 bits per heavy atom. The first kappa shape index (κ1) is 25.5. The van der Waals surface area contributed by atoms with Gasteiger partial charge >= 0.3 is 0 Å². The van der Waals surface area contributed by atoms with E-state index in [-0.39, 0.29) is 18.8 Å². The van der Waals surface area contributed by atoms with E-state index in [4.69, 9.17) is 4.74 Å². The van der Waals surface area contributed by atoms with Crippen molar-refractivity contribution < 1.29 is 14.6 Å². The summed E-state index contributed by atoms with van der Waals surface area (Å²) in [6.07, 6.45) is 1.57. The highest BCUT2D eigenvalue weighted by Gasteiger charge is 2.22. The zero-order chi connectivity index (χ0) is 27.5. The van der Waals surface area contributed by atoms with Crippen LogP contribution in [-0.2, 0) is 16.1 Å². The van der Waals surface area contributed by atoms with E-state index in [0.29, 0.717) is 0 Å². The zero-order valence-electron chi connectivity index (χ0n) is 21.2. The Hall–Kier alpha value is -4.74. The molecule has 0 atom stereocenters. The minimum absolute atomic E-state index is 0.00360. The maximum Gasteiger partial charge on any atom is 0.299 e. The third kappa shape index (κ3) is 4.76. The monoisotopic (exact) mass is 558 g/mol. The molecule has 0 amide bonds. The summed E-state index contributed by atoms with van der Waals surface area (Å²) in [7, 11) is 0. The molecule has 0 aliphatic rings. The molecule has 0 radical (unpaired) electrons. The second kappa shape index (κ2) is 11.2. The number of aliphatic hydroxyl groups is 1. The average molecular weight is 559 g/mol. The summed E-state index contributed by atoms with van der Waals surface area (Å²) in [5.74, 6) is -0.0393. The lowest BCUT2D eigenvalue weighted by Crippen LogP contribution is -1.98. The Bertz CT molecular complexity index is 1890. The second-order valence-corrected chi connectivity index (χ2v) is 11.2. The van der Waals surface area contributed by atoms with E-state index >= 15 is 0 Å². The van der Waals surface area contributed by atoms with E-state index < -0.39 is 0 Å². The molecule has 6 aromatic rings. The molecule has 3 heterocycles. The van der Waals surface area contributed by atoms with Crippen molar-refractivity contribution in [2.45, 2.75) is 6.61 Å². The van der Waals surface area contributed by atoms with Gasteiger partial charge in [0, 0.05) is 42.2 Å². The fraction of sp³-hybridized carbons (Fsp3) is 0.0303. The number of hydrogen-bond donors (Lipinski definition) is 1. The number of aromatic nitrogens is 1. The van der Waals surface area contributed by atoms with Gasteiger partial charge in [0.2, 0.25) is 5.76 Å². The van der Waals surface area contributed by atoms with Gasteiger partial charge in [-0.2, -0.15) is 5.26 Å². The SMILES string of the molecule is N#C/C(=C/c1ccc(-c2ccc(-c3c(-c4ccccc4)n(-c4ccc(CO)cc4)c4ccccc34)s2)s1)OC=O. The molecule has 40 heavy (non-hydrogen) atoms. The van der Waals surface area contributed by atoms with Gasteiger partial charge in [0.05, 0.1) is 17.8 Å². The van der Waals surface area contributed by atoms with Crippen LogP contribution < -0.4 is 0 Å². The van der Waals surface area contributed by atoms with Gasteiger partial charge in [-0.25, -0.2) is 0 Å². The van der Waals surface area contributed by atoms with Gasteiger partial charge in [0.25, 0.3) is 6.47 Å². The topological polar surface area (TPSA) is 75.2 Å². The number of ether oxygens (including phenoxy) is 1. The third-order valence-corrected chi connectivity index (χ3v) is 8.91. The van der Waals surface area contributed by atoms with Gasteiger partial charge in [-0.05, 0) is 53.6 Å². The van der Waals surface area contributed by atoms with E-state index in [2.05, 4.69) is 77.4 Å². The smallest absolute Gasteiger partial charge is 0.299 e. The molecule has 0 saturated heterocycles. The first-order valence-corrected chi connectivity index (χ1v) is 14.1. The summed E-state index contributed by atoms with van der Waals surface area (Å²) in [5, 5.41) is 19.9. The molecule has 0 fully saturated rings. The number of aliphatic hydroxyl groups excluding tert-OH is 1. The Labute approximate surface area is 239 Å². The lowest BCUT2D eigenvalue weighted by atomic mass is 10.0. The molecule has 5 nitrogen and oxygen atoms in total. The highest BCUT2D eigenvalue weighted by atomic mass is 32.1. The van der Waals surface area contributed by atoms with Crippen molar-refractivity contribution in [3.63, 3.8) is 0 Å². The Balaban J connectivity index is 1.52. The van der Waals surface area contributed by atoms with Gasteiger partial charge in [0.15, 0.2) is 0 Å². The van der Waals surface area contributed by atoms with Crippen molar-refractivity contribution >= 4 is 46.1 Å². The number of fused-ring (bicyclic) bond motifs is 1. The van der Waals surface area contributed by atoms with Crippen molar-refractivity contribution in [1.29, 1.82) is 5.26 Å². The number of nitriles is 1. The quantitative estimate of drug-likeness (QED) is 0.116. The number of carbonyl (C=O) groups excluding carboxylic acids is 1. The number of hydrogen-bond acceptors (Lipinski definition) is 6. The lowest BCUT2D eigenvalue weighted by Gasteiger charge is -2.13.